The van der Waals surface area contributed by atoms with E-state index in [9.17, 15) is 18.7 Å². The summed E-state index contributed by atoms with van der Waals surface area (Å²) in [7, 11) is 0. The Labute approximate surface area is 205 Å². The number of amides is 1. The van der Waals surface area contributed by atoms with E-state index in [0.717, 1.165) is 25.1 Å². The van der Waals surface area contributed by atoms with Crippen LogP contribution < -0.4 is 5.32 Å². The van der Waals surface area contributed by atoms with Gasteiger partial charge in [0.15, 0.2) is 11.5 Å². The summed E-state index contributed by atoms with van der Waals surface area (Å²) in [5, 5.41) is 22.7. The standard InChI is InChI=1S/C24H26F2N6O2S/c1-24(34)13-3-4-14(24)10-31(9-13)23(33)19-6-18(30-12-35-2)16(7-28-19)21(27)20-8-29-22-17(26)5-15(25)11-32(20)22/h5-8,11,13-14,27,34H,3-4,9-10,12H2,1-2H3,(H,28,30). The molecule has 3 aromatic rings. The molecule has 4 heterocycles. The molecule has 5 rings (SSSR count). The first-order valence-corrected chi connectivity index (χ1v) is 12.8. The van der Waals surface area contributed by atoms with Gasteiger partial charge in [0.05, 0.1) is 29.1 Å². The fourth-order valence-electron chi connectivity index (χ4n) is 5.21. The van der Waals surface area contributed by atoms with Gasteiger partial charge in [0.1, 0.15) is 11.5 Å². The van der Waals surface area contributed by atoms with Crippen LogP contribution in [0.2, 0.25) is 0 Å². The molecule has 1 amide bonds. The number of piperidine rings is 1. The average molecular weight is 501 g/mol. The zero-order valence-corrected chi connectivity index (χ0v) is 20.2. The number of aromatic nitrogens is 3. The quantitative estimate of drug-likeness (QED) is 0.354. The maximum absolute atomic E-state index is 14.1. The zero-order chi connectivity index (χ0) is 24.9. The number of hydrogen-bond acceptors (Lipinski definition) is 7. The van der Waals surface area contributed by atoms with Crippen molar-refractivity contribution in [3.63, 3.8) is 0 Å². The Balaban J connectivity index is 1.47. The highest BCUT2D eigenvalue weighted by Crippen LogP contribution is 2.45. The maximum atomic E-state index is 14.1. The van der Waals surface area contributed by atoms with Crippen molar-refractivity contribution < 1.29 is 18.7 Å². The van der Waals surface area contributed by atoms with Crippen molar-refractivity contribution in [1.82, 2.24) is 19.3 Å². The highest BCUT2D eigenvalue weighted by atomic mass is 32.2. The molecule has 11 heteroatoms. The second kappa shape index (κ2) is 8.87. The first-order chi connectivity index (χ1) is 16.7. The van der Waals surface area contributed by atoms with Crippen LogP contribution in [0.25, 0.3) is 5.65 Å². The van der Waals surface area contributed by atoms with Crippen LogP contribution in [0.4, 0.5) is 14.5 Å². The number of likely N-dealkylation sites (tertiary alicyclic amines) is 1. The van der Waals surface area contributed by atoms with Crippen LogP contribution in [0.1, 0.15) is 41.5 Å². The number of thioether (sulfide) groups is 1. The number of hydrogen-bond donors (Lipinski definition) is 3. The number of nitrogens with one attached hydrogen (secondary N) is 2. The minimum atomic E-state index is -0.821. The Morgan fingerprint density at radius 3 is 2.66 bits per heavy atom. The van der Waals surface area contributed by atoms with E-state index < -0.39 is 17.2 Å². The summed E-state index contributed by atoms with van der Waals surface area (Å²) in [6.45, 7) is 2.82. The third kappa shape index (κ3) is 4.06. The van der Waals surface area contributed by atoms with E-state index in [1.807, 2.05) is 13.2 Å². The number of pyridine rings is 2. The summed E-state index contributed by atoms with van der Waals surface area (Å²) >= 11 is 1.53. The Bertz CT molecular complexity index is 1310. The lowest BCUT2D eigenvalue weighted by Gasteiger charge is -2.42. The Hall–Kier alpha value is -3.05. The SMILES string of the molecule is CSCNc1cc(C(=O)N2CC3CCC(C2)C3(C)O)ncc1C(=N)c1cnc2c(F)cc(F)cn12. The number of imidazole rings is 1. The highest BCUT2D eigenvalue weighted by molar-refractivity contribution is 7.98. The van der Waals surface area contributed by atoms with Crippen LogP contribution in [-0.2, 0) is 0 Å². The lowest BCUT2D eigenvalue weighted by molar-refractivity contribution is -0.0616. The number of carbonyl (C=O) groups is 1. The van der Waals surface area contributed by atoms with Gasteiger partial charge in [-0.3, -0.25) is 19.6 Å². The topological polar surface area (TPSA) is 107 Å². The summed E-state index contributed by atoms with van der Waals surface area (Å²) < 4.78 is 29.2. The molecule has 2 aliphatic rings. The third-order valence-corrected chi connectivity index (χ3v) is 7.70. The van der Waals surface area contributed by atoms with Gasteiger partial charge in [0.2, 0.25) is 0 Å². The van der Waals surface area contributed by atoms with Crippen molar-refractivity contribution in [2.45, 2.75) is 25.4 Å². The van der Waals surface area contributed by atoms with Crippen molar-refractivity contribution >= 4 is 34.7 Å². The molecule has 8 nitrogen and oxygen atoms in total. The monoisotopic (exact) mass is 500 g/mol. The lowest BCUT2D eigenvalue weighted by Crippen LogP contribution is -2.53. The number of aliphatic hydroxyl groups is 1. The molecule has 2 unspecified atom stereocenters. The van der Waals surface area contributed by atoms with Crippen molar-refractivity contribution in [3.05, 3.63) is 59.3 Å². The summed E-state index contributed by atoms with van der Waals surface area (Å²) in [5.41, 5.74) is 0.457. The molecule has 2 bridgehead atoms. The van der Waals surface area contributed by atoms with Crippen molar-refractivity contribution in [2.24, 2.45) is 11.8 Å². The van der Waals surface area contributed by atoms with Gasteiger partial charge in [-0.05, 0) is 32.1 Å². The Morgan fingerprint density at radius 1 is 1.26 bits per heavy atom. The maximum Gasteiger partial charge on any atom is 0.272 e. The number of fused-ring (bicyclic) bond motifs is 3. The molecular weight excluding hydrogens is 474 g/mol. The van der Waals surface area contributed by atoms with Gasteiger partial charge in [-0.15, -0.1) is 11.8 Å². The van der Waals surface area contributed by atoms with Crippen molar-refractivity contribution in [2.75, 3.05) is 30.5 Å². The first kappa shape index (κ1) is 23.7. The van der Waals surface area contributed by atoms with E-state index in [2.05, 4.69) is 15.3 Å². The molecule has 0 spiro atoms. The van der Waals surface area contributed by atoms with Gasteiger partial charge >= 0.3 is 0 Å². The zero-order valence-electron chi connectivity index (χ0n) is 19.4. The molecule has 35 heavy (non-hydrogen) atoms. The van der Waals surface area contributed by atoms with Gasteiger partial charge < -0.3 is 15.3 Å². The van der Waals surface area contributed by atoms with Crippen LogP contribution in [0.5, 0.6) is 0 Å². The van der Waals surface area contributed by atoms with Crippen LogP contribution >= 0.6 is 11.8 Å². The molecule has 2 fully saturated rings. The second-order valence-electron chi connectivity index (χ2n) is 9.35. The van der Waals surface area contributed by atoms with Gasteiger partial charge in [-0.25, -0.2) is 13.8 Å². The molecule has 3 aromatic heterocycles. The van der Waals surface area contributed by atoms with Crippen LogP contribution in [0.15, 0.2) is 30.7 Å². The van der Waals surface area contributed by atoms with E-state index in [1.54, 1.807) is 11.0 Å². The van der Waals surface area contributed by atoms with E-state index >= 15 is 0 Å². The molecule has 0 radical (unpaired) electrons. The van der Waals surface area contributed by atoms with Gasteiger partial charge in [0.25, 0.3) is 5.91 Å². The molecule has 1 aliphatic heterocycles. The predicted octanol–water partition coefficient (Wildman–Crippen LogP) is 3.39. The molecule has 1 saturated heterocycles. The molecule has 1 aliphatic carbocycles. The van der Waals surface area contributed by atoms with E-state index in [0.29, 0.717) is 30.2 Å². The molecule has 184 valence electrons. The van der Waals surface area contributed by atoms with Crippen LogP contribution in [0.3, 0.4) is 0 Å². The fourth-order valence-corrected chi connectivity index (χ4v) is 5.51. The number of nitrogens with zero attached hydrogens (tertiary/aromatic N) is 4. The molecule has 1 saturated carbocycles. The summed E-state index contributed by atoms with van der Waals surface area (Å²) in [4.78, 5) is 23.4. The molecule has 3 N–H and O–H groups in total. The minimum Gasteiger partial charge on any atom is -0.389 e. The minimum absolute atomic E-state index is 0.0373. The van der Waals surface area contributed by atoms with Gasteiger partial charge in [-0.2, -0.15) is 0 Å². The number of carbonyl (C=O) groups excluding carboxylic acids is 1. The van der Waals surface area contributed by atoms with Gasteiger partial charge in [0, 0.05) is 54.6 Å². The Morgan fingerprint density at radius 2 is 1.97 bits per heavy atom. The lowest BCUT2D eigenvalue weighted by atomic mass is 9.82. The predicted molar refractivity (Wildman–Crippen MR) is 130 cm³/mol. The van der Waals surface area contributed by atoms with Crippen molar-refractivity contribution in [3.8, 4) is 0 Å². The second-order valence-corrected chi connectivity index (χ2v) is 10.2. The van der Waals surface area contributed by atoms with Crippen LogP contribution in [0, 0.1) is 28.9 Å². The van der Waals surface area contributed by atoms with E-state index in [-0.39, 0.29) is 40.5 Å². The smallest absolute Gasteiger partial charge is 0.272 e. The van der Waals surface area contributed by atoms with E-state index in [1.165, 1.54) is 28.6 Å². The Kier molecular flexibility index (Phi) is 6.00. The van der Waals surface area contributed by atoms with E-state index in [4.69, 9.17) is 5.41 Å². The normalized spacial score (nSPS) is 23.6. The van der Waals surface area contributed by atoms with Crippen molar-refractivity contribution in [1.29, 1.82) is 5.41 Å². The average Bonchev–Trinajstić information content (AvgIpc) is 3.26. The molecule has 0 aromatic carbocycles. The first-order valence-electron chi connectivity index (χ1n) is 11.4. The number of anilines is 1. The largest absolute Gasteiger partial charge is 0.389 e. The summed E-state index contributed by atoms with van der Waals surface area (Å²) in [5.74, 6) is -1.22. The molecular formula is C24H26F2N6O2S. The fraction of sp³-hybridized carbons (Fsp3) is 0.417. The highest BCUT2D eigenvalue weighted by Gasteiger charge is 2.50. The van der Waals surface area contributed by atoms with Crippen LogP contribution in [-0.4, -0.2) is 66.8 Å². The summed E-state index contributed by atoms with van der Waals surface area (Å²) in [6.07, 6.45) is 7.53. The van der Waals surface area contributed by atoms with Gasteiger partial charge in [-0.1, -0.05) is 0 Å². The molecule has 2 atom stereocenters. The number of halogens is 2. The summed E-state index contributed by atoms with van der Waals surface area (Å²) in [6, 6.07) is 2.36. The number of rotatable bonds is 6. The third-order valence-electron chi connectivity index (χ3n) is 7.27.